The molecule has 0 spiro atoms. The van der Waals surface area contributed by atoms with Crippen LogP contribution in [0.15, 0.2) is 54.6 Å². The number of carboxylic acid groups (broad SMARTS) is 1. The fraction of sp³-hybridized carbons (Fsp3) is 0.105. The summed E-state index contributed by atoms with van der Waals surface area (Å²) >= 11 is 0. The van der Waals surface area contributed by atoms with Crippen molar-refractivity contribution in [3.05, 3.63) is 71.3 Å². The largest absolute Gasteiger partial charge is 0.478 e. The zero-order valence-electron chi connectivity index (χ0n) is 12.2. The van der Waals surface area contributed by atoms with Crippen LogP contribution in [0.4, 0.5) is 0 Å². The molecule has 1 aliphatic heterocycles. The first-order valence-corrected chi connectivity index (χ1v) is 6.80. The molecule has 0 radical (unpaired) electrons. The zero-order valence-corrected chi connectivity index (χ0v) is 12.2. The number of aromatic carboxylic acids is 1. The number of ether oxygens (including phenoxy) is 1. The van der Waals surface area contributed by atoms with Crippen LogP contribution in [0.5, 0.6) is 5.75 Å². The SMILES string of the molecule is C#CC1C=Cc2cccc(C(=O)O)c2O1.Cc1ccccc1. The molecule has 1 aliphatic rings. The number of hydrogen-bond acceptors (Lipinski definition) is 2. The number of aryl methyl sites for hydroxylation is 1. The Balaban J connectivity index is 0.000000211. The molecule has 110 valence electrons. The predicted octanol–water partition coefficient (Wildman–Crippen LogP) is 3.79. The minimum Gasteiger partial charge on any atom is -0.478 e. The van der Waals surface area contributed by atoms with Gasteiger partial charge in [-0.15, -0.1) is 6.42 Å². The van der Waals surface area contributed by atoms with Crippen LogP contribution in [0.25, 0.3) is 6.08 Å². The van der Waals surface area contributed by atoms with Crippen LogP contribution in [-0.2, 0) is 0 Å². The Bertz CT molecular complexity index is 724. The predicted molar refractivity (Wildman–Crippen MR) is 86.9 cm³/mol. The second-order valence-electron chi connectivity index (χ2n) is 4.75. The summed E-state index contributed by atoms with van der Waals surface area (Å²) in [6.45, 7) is 2.08. The topological polar surface area (TPSA) is 46.5 Å². The zero-order chi connectivity index (χ0) is 15.9. The van der Waals surface area contributed by atoms with Crippen LogP contribution in [0.3, 0.4) is 0 Å². The van der Waals surface area contributed by atoms with Gasteiger partial charge in [0, 0.05) is 5.56 Å². The molecule has 1 unspecified atom stereocenters. The first-order valence-electron chi connectivity index (χ1n) is 6.80. The van der Waals surface area contributed by atoms with E-state index in [0.29, 0.717) is 5.75 Å². The molecule has 0 saturated carbocycles. The summed E-state index contributed by atoms with van der Waals surface area (Å²) in [5.41, 5.74) is 2.20. The first kappa shape index (κ1) is 15.4. The van der Waals surface area contributed by atoms with Gasteiger partial charge < -0.3 is 9.84 Å². The van der Waals surface area contributed by atoms with Gasteiger partial charge in [0.05, 0.1) is 0 Å². The molecule has 1 heterocycles. The summed E-state index contributed by atoms with van der Waals surface area (Å²) < 4.78 is 5.37. The van der Waals surface area contributed by atoms with Crippen molar-refractivity contribution in [1.29, 1.82) is 0 Å². The molecule has 0 aliphatic carbocycles. The molecule has 2 aromatic carbocycles. The smallest absolute Gasteiger partial charge is 0.339 e. The highest BCUT2D eigenvalue weighted by Crippen LogP contribution is 2.29. The van der Waals surface area contributed by atoms with E-state index in [4.69, 9.17) is 16.3 Å². The van der Waals surface area contributed by atoms with E-state index < -0.39 is 12.1 Å². The van der Waals surface area contributed by atoms with Crippen LogP contribution >= 0.6 is 0 Å². The third-order valence-electron chi connectivity index (χ3n) is 3.08. The number of terminal acetylenes is 1. The van der Waals surface area contributed by atoms with Crippen LogP contribution in [0, 0.1) is 19.3 Å². The highest BCUT2D eigenvalue weighted by molar-refractivity contribution is 5.92. The molecule has 0 fully saturated rings. The number of hydrogen-bond donors (Lipinski definition) is 1. The van der Waals surface area contributed by atoms with Crippen LogP contribution < -0.4 is 4.74 Å². The number of para-hydroxylation sites is 1. The van der Waals surface area contributed by atoms with Crippen molar-refractivity contribution in [3.8, 4) is 18.1 Å². The van der Waals surface area contributed by atoms with Gasteiger partial charge >= 0.3 is 5.97 Å². The molecule has 2 aromatic rings. The van der Waals surface area contributed by atoms with Crippen molar-refractivity contribution < 1.29 is 14.6 Å². The lowest BCUT2D eigenvalue weighted by Crippen LogP contribution is -2.16. The van der Waals surface area contributed by atoms with Crippen molar-refractivity contribution >= 4 is 12.0 Å². The summed E-state index contributed by atoms with van der Waals surface area (Å²) in [4.78, 5) is 10.9. The Morgan fingerprint density at radius 3 is 2.45 bits per heavy atom. The Morgan fingerprint density at radius 2 is 1.91 bits per heavy atom. The lowest BCUT2D eigenvalue weighted by Gasteiger charge is -2.18. The lowest BCUT2D eigenvalue weighted by atomic mass is 10.1. The normalized spacial score (nSPS) is 14.6. The van der Waals surface area contributed by atoms with Gasteiger partial charge in [0.25, 0.3) is 0 Å². The standard InChI is InChI=1S/C12H8O3.C7H8/c1-2-9-7-6-8-4-3-5-10(12(13)14)11(8)15-9;1-7-5-3-2-4-6-7/h1,3-7,9H,(H,13,14);2-6H,1H3. The van der Waals surface area contributed by atoms with Gasteiger partial charge in [-0.25, -0.2) is 4.79 Å². The van der Waals surface area contributed by atoms with E-state index in [1.54, 1.807) is 24.3 Å². The van der Waals surface area contributed by atoms with E-state index in [9.17, 15) is 4.79 Å². The third-order valence-corrected chi connectivity index (χ3v) is 3.08. The van der Waals surface area contributed by atoms with E-state index in [2.05, 4.69) is 25.0 Å². The highest BCUT2D eigenvalue weighted by Gasteiger charge is 2.19. The van der Waals surface area contributed by atoms with Crippen LogP contribution in [0.2, 0.25) is 0 Å². The van der Waals surface area contributed by atoms with Gasteiger partial charge in [-0.2, -0.15) is 0 Å². The number of rotatable bonds is 1. The molecule has 3 rings (SSSR count). The molecule has 22 heavy (non-hydrogen) atoms. The maximum atomic E-state index is 10.9. The fourth-order valence-corrected chi connectivity index (χ4v) is 1.97. The molecule has 3 heteroatoms. The van der Waals surface area contributed by atoms with Crippen molar-refractivity contribution in [2.24, 2.45) is 0 Å². The van der Waals surface area contributed by atoms with E-state index >= 15 is 0 Å². The molecular weight excluding hydrogens is 276 g/mol. The average molecular weight is 292 g/mol. The minimum atomic E-state index is -1.02. The molecule has 3 nitrogen and oxygen atoms in total. The molecule has 0 amide bonds. The van der Waals surface area contributed by atoms with Crippen molar-refractivity contribution in [2.75, 3.05) is 0 Å². The molecule has 1 atom stereocenters. The number of fused-ring (bicyclic) bond motifs is 1. The highest BCUT2D eigenvalue weighted by atomic mass is 16.5. The Kier molecular flexibility index (Phi) is 5.00. The molecule has 0 saturated heterocycles. The van der Waals surface area contributed by atoms with E-state index in [-0.39, 0.29) is 5.56 Å². The summed E-state index contributed by atoms with van der Waals surface area (Å²) in [6, 6.07) is 15.2. The van der Waals surface area contributed by atoms with Gasteiger partial charge in [-0.3, -0.25) is 0 Å². The van der Waals surface area contributed by atoms with Gasteiger partial charge in [-0.05, 0) is 19.1 Å². The molecule has 0 aromatic heterocycles. The van der Waals surface area contributed by atoms with Crippen LogP contribution in [0.1, 0.15) is 21.5 Å². The fourth-order valence-electron chi connectivity index (χ4n) is 1.97. The second-order valence-corrected chi connectivity index (χ2v) is 4.75. The quantitative estimate of drug-likeness (QED) is 0.813. The summed E-state index contributed by atoms with van der Waals surface area (Å²) in [5.74, 6) is 1.74. The Labute approximate surface area is 129 Å². The maximum absolute atomic E-state index is 10.9. The number of carboxylic acids is 1. The monoisotopic (exact) mass is 292 g/mol. The maximum Gasteiger partial charge on any atom is 0.339 e. The number of benzene rings is 2. The Morgan fingerprint density at radius 1 is 1.18 bits per heavy atom. The van der Waals surface area contributed by atoms with E-state index in [0.717, 1.165) is 5.56 Å². The van der Waals surface area contributed by atoms with Gasteiger partial charge in [0.2, 0.25) is 0 Å². The van der Waals surface area contributed by atoms with Gasteiger partial charge in [0.15, 0.2) is 6.10 Å². The Hall–Kier alpha value is -2.99. The van der Waals surface area contributed by atoms with Crippen molar-refractivity contribution in [1.82, 2.24) is 0 Å². The average Bonchev–Trinajstić information content (AvgIpc) is 2.55. The first-order chi connectivity index (χ1) is 10.6. The summed E-state index contributed by atoms with van der Waals surface area (Å²) in [6.07, 6.45) is 8.21. The molecular formula is C19H16O3. The van der Waals surface area contributed by atoms with Crippen molar-refractivity contribution in [2.45, 2.75) is 13.0 Å². The molecule has 1 N–H and O–H groups in total. The molecule has 0 bridgehead atoms. The van der Waals surface area contributed by atoms with E-state index in [1.165, 1.54) is 11.6 Å². The summed E-state index contributed by atoms with van der Waals surface area (Å²) in [5, 5.41) is 8.94. The van der Waals surface area contributed by atoms with Crippen molar-refractivity contribution in [3.63, 3.8) is 0 Å². The van der Waals surface area contributed by atoms with E-state index in [1.807, 2.05) is 18.2 Å². The summed E-state index contributed by atoms with van der Waals surface area (Å²) in [7, 11) is 0. The van der Waals surface area contributed by atoms with Gasteiger partial charge in [0.1, 0.15) is 11.3 Å². The number of carbonyl (C=O) groups is 1. The van der Waals surface area contributed by atoms with Crippen LogP contribution in [-0.4, -0.2) is 17.2 Å². The second kappa shape index (κ2) is 7.14. The minimum absolute atomic E-state index is 0.136. The lowest BCUT2D eigenvalue weighted by molar-refractivity contribution is 0.0691. The third kappa shape index (κ3) is 3.77. The van der Waals surface area contributed by atoms with Gasteiger partial charge in [-0.1, -0.05) is 60.0 Å².